The van der Waals surface area contributed by atoms with Crippen LogP contribution in [0, 0.1) is 6.92 Å². The van der Waals surface area contributed by atoms with E-state index in [1.807, 2.05) is 6.92 Å². The summed E-state index contributed by atoms with van der Waals surface area (Å²) in [4.78, 5) is 11.9. The van der Waals surface area contributed by atoms with E-state index >= 15 is 0 Å². The predicted octanol–water partition coefficient (Wildman–Crippen LogP) is 3.12. The van der Waals surface area contributed by atoms with Gasteiger partial charge in [0.25, 0.3) is 0 Å². The molecule has 9 heteroatoms. The van der Waals surface area contributed by atoms with E-state index in [1.165, 1.54) is 30.3 Å². The standard InChI is InChI=1S/C19H19F3N2O3S/c1-14-2-9-17(10-3-14)28(26,27)24-13-12-23-18(25)11-6-15-4-7-16(8-5-15)19(20,21)22/h2-11,24H,12-13H2,1H3,(H,23,25)/b11-6+. The second-order valence-corrected chi connectivity index (χ2v) is 7.72. The van der Waals surface area contributed by atoms with Gasteiger partial charge in [0.05, 0.1) is 10.5 Å². The third-order valence-electron chi connectivity index (χ3n) is 3.71. The fourth-order valence-electron chi connectivity index (χ4n) is 2.19. The molecule has 0 fully saturated rings. The van der Waals surface area contributed by atoms with Gasteiger partial charge in [0.2, 0.25) is 15.9 Å². The number of carbonyl (C=O) groups is 1. The number of carbonyl (C=O) groups excluding carboxylic acids is 1. The van der Waals surface area contributed by atoms with E-state index in [9.17, 15) is 26.4 Å². The maximum absolute atomic E-state index is 12.5. The number of hydrogen-bond acceptors (Lipinski definition) is 3. The van der Waals surface area contributed by atoms with Crippen molar-refractivity contribution in [2.75, 3.05) is 13.1 Å². The van der Waals surface area contributed by atoms with Crippen molar-refractivity contribution in [3.8, 4) is 0 Å². The molecular weight excluding hydrogens is 393 g/mol. The van der Waals surface area contributed by atoms with E-state index in [-0.39, 0.29) is 18.0 Å². The van der Waals surface area contributed by atoms with Gasteiger partial charge >= 0.3 is 6.18 Å². The summed E-state index contributed by atoms with van der Waals surface area (Å²) in [6, 6.07) is 10.7. The van der Waals surface area contributed by atoms with Crippen LogP contribution in [0.1, 0.15) is 16.7 Å². The molecule has 0 bridgehead atoms. The van der Waals surface area contributed by atoms with E-state index in [4.69, 9.17) is 0 Å². The monoisotopic (exact) mass is 412 g/mol. The second-order valence-electron chi connectivity index (χ2n) is 5.95. The van der Waals surface area contributed by atoms with Crippen LogP contribution in [-0.2, 0) is 21.0 Å². The molecule has 0 aromatic heterocycles. The van der Waals surface area contributed by atoms with Crippen LogP contribution < -0.4 is 10.0 Å². The van der Waals surface area contributed by atoms with Crippen LogP contribution in [-0.4, -0.2) is 27.4 Å². The molecule has 0 aliphatic rings. The molecule has 5 nitrogen and oxygen atoms in total. The fraction of sp³-hybridized carbons (Fsp3) is 0.211. The lowest BCUT2D eigenvalue weighted by atomic mass is 10.1. The summed E-state index contributed by atoms with van der Waals surface area (Å²) in [5.74, 6) is -0.491. The number of benzene rings is 2. The molecule has 2 aromatic rings. The van der Waals surface area contributed by atoms with Crippen LogP contribution >= 0.6 is 0 Å². The number of rotatable bonds is 7. The van der Waals surface area contributed by atoms with Gasteiger partial charge in [0, 0.05) is 19.2 Å². The molecule has 0 unspecified atom stereocenters. The minimum Gasteiger partial charge on any atom is -0.351 e. The van der Waals surface area contributed by atoms with Gasteiger partial charge in [-0.05, 0) is 42.8 Å². The van der Waals surface area contributed by atoms with Crippen molar-refractivity contribution in [3.63, 3.8) is 0 Å². The molecule has 0 atom stereocenters. The number of hydrogen-bond donors (Lipinski definition) is 2. The Kier molecular flexibility index (Phi) is 6.98. The average molecular weight is 412 g/mol. The van der Waals surface area contributed by atoms with E-state index in [2.05, 4.69) is 10.0 Å². The molecule has 0 spiro atoms. The lowest BCUT2D eigenvalue weighted by Crippen LogP contribution is -2.34. The zero-order valence-corrected chi connectivity index (χ0v) is 15.8. The number of halogens is 3. The van der Waals surface area contributed by atoms with Gasteiger partial charge in [-0.1, -0.05) is 29.8 Å². The quantitative estimate of drug-likeness (QED) is 0.542. The van der Waals surface area contributed by atoms with Crippen LogP contribution in [0.3, 0.4) is 0 Å². The molecule has 0 saturated heterocycles. The molecule has 0 heterocycles. The van der Waals surface area contributed by atoms with Crippen LogP contribution in [0.2, 0.25) is 0 Å². The van der Waals surface area contributed by atoms with Gasteiger partial charge in [-0.15, -0.1) is 0 Å². The second kappa shape index (κ2) is 9.03. The summed E-state index contributed by atoms with van der Waals surface area (Å²) in [5.41, 5.74) is 0.601. The lowest BCUT2D eigenvalue weighted by Gasteiger charge is -2.07. The highest BCUT2D eigenvalue weighted by Crippen LogP contribution is 2.29. The summed E-state index contributed by atoms with van der Waals surface area (Å²) in [5, 5.41) is 2.49. The van der Waals surface area contributed by atoms with Crippen LogP contribution in [0.4, 0.5) is 13.2 Å². The Bertz CT molecular complexity index is 936. The molecular formula is C19H19F3N2O3S. The van der Waals surface area contributed by atoms with Gasteiger partial charge in [0.15, 0.2) is 0 Å². The largest absolute Gasteiger partial charge is 0.416 e. The molecule has 2 aromatic carbocycles. The Balaban J connectivity index is 1.79. The van der Waals surface area contributed by atoms with Crippen LogP contribution in [0.25, 0.3) is 6.08 Å². The molecule has 0 aliphatic carbocycles. The van der Waals surface area contributed by atoms with Gasteiger partial charge in [-0.3, -0.25) is 4.79 Å². The Morgan fingerprint density at radius 3 is 2.18 bits per heavy atom. The number of alkyl halides is 3. The summed E-state index contributed by atoms with van der Waals surface area (Å²) in [6.07, 6.45) is -1.88. The normalized spacial score (nSPS) is 12.3. The SMILES string of the molecule is Cc1ccc(S(=O)(=O)NCCNC(=O)/C=C/c2ccc(C(F)(F)F)cc2)cc1. The molecule has 0 radical (unpaired) electrons. The highest BCUT2D eigenvalue weighted by Gasteiger charge is 2.29. The fourth-order valence-corrected chi connectivity index (χ4v) is 3.22. The van der Waals surface area contributed by atoms with Crippen molar-refractivity contribution in [1.29, 1.82) is 0 Å². The predicted molar refractivity (Wildman–Crippen MR) is 99.9 cm³/mol. The highest BCUT2D eigenvalue weighted by atomic mass is 32.2. The third-order valence-corrected chi connectivity index (χ3v) is 5.19. The van der Waals surface area contributed by atoms with Gasteiger partial charge in [-0.25, -0.2) is 13.1 Å². The molecule has 28 heavy (non-hydrogen) atoms. The Morgan fingerprint density at radius 1 is 1.00 bits per heavy atom. The van der Waals surface area contributed by atoms with Crippen molar-refractivity contribution in [1.82, 2.24) is 10.0 Å². The summed E-state index contributed by atoms with van der Waals surface area (Å²) in [6.45, 7) is 1.90. The Hall–Kier alpha value is -2.65. The summed E-state index contributed by atoms with van der Waals surface area (Å²) >= 11 is 0. The first-order valence-corrected chi connectivity index (χ1v) is 9.76. The first-order chi connectivity index (χ1) is 13.1. The zero-order valence-electron chi connectivity index (χ0n) is 15.0. The molecule has 2 N–H and O–H groups in total. The van der Waals surface area contributed by atoms with Gasteiger partial charge in [0.1, 0.15) is 0 Å². The van der Waals surface area contributed by atoms with E-state index in [0.29, 0.717) is 5.56 Å². The number of sulfonamides is 1. The Labute approximate surface area is 161 Å². The van der Waals surface area contributed by atoms with E-state index < -0.39 is 27.7 Å². The molecule has 0 saturated carbocycles. The maximum atomic E-state index is 12.5. The number of aryl methyl sites for hydroxylation is 1. The molecule has 1 amide bonds. The van der Waals surface area contributed by atoms with E-state index in [0.717, 1.165) is 23.8 Å². The topological polar surface area (TPSA) is 75.3 Å². The van der Waals surface area contributed by atoms with Crippen molar-refractivity contribution >= 4 is 22.0 Å². The first kappa shape index (κ1) is 21.6. The average Bonchev–Trinajstić information content (AvgIpc) is 2.63. The molecule has 0 aliphatic heterocycles. The molecule has 2 rings (SSSR count). The maximum Gasteiger partial charge on any atom is 0.416 e. The Morgan fingerprint density at radius 2 is 1.61 bits per heavy atom. The zero-order chi connectivity index (χ0) is 20.8. The van der Waals surface area contributed by atoms with E-state index in [1.54, 1.807) is 12.1 Å². The number of amides is 1. The van der Waals surface area contributed by atoms with Gasteiger partial charge < -0.3 is 5.32 Å². The van der Waals surface area contributed by atoms with Crippen molar-refractivity contribution < 1.29 is 26.4 Å². The van der Waals surface area contributed by atoms with Crippen molar-refractivity contribution in [2.24, 2.45) is 0 Å². The van der Waals surface area contributed by atoms with Crippen molar-refractivity contribution in [3.05, 3.63) is 71.3 Å². The van der Waals surface area contributed by atoms with Crippen LogP contribution in [0.15, 0.2) is 59.5 Å². The lowest BCUT2D eigenvalue weighted by molar-refractivity contribution is -0.137. The van der Waals surface area contributed by atoms with Crippen molar-refractivity contribution in [2.45, 2.75) is 18.0 Å². The highest BCUT2D eigenvalue weighted by molar-refractivity contribution is 7.89. The summed E-state index contributed by atoms with van der Waals surface area (Å²) < 4.78 is 64.0. The van der Waals surface area contributed by atoms with Gasteiger partial charge in [-0.2, -0.15) is 13.2 Å². The minimum absolute atomic E-state index is 0.00390. The smallest absolute Gasteiger partial charge is 0.351 e. The number of nitrogens with one attached hydrogen (secondary N) is 2. The minimum atomic E-state index is -4.41. The first-order valence-electron chi connectivity index (χ1n) is 8.27. The van der Waals surface area contributed by atoms with Crippen LogP contribution in [0.5, 0.6) is 0 Å². The summed E-state index contributed by atoms with van der Waals surface area (Å²) in [7, 11) is -3.66. The molecule has 150 valence electrons. The third kappa shape index (κ3) is 6.50.